The number of carbonyl (C=O) groups excluding carboxylic acids is 1. The third kappa shape index (κ3) is 3.88. The summed E-state index contributed by atoms with van der Waals surface area (Å²) < 4.78 is 1.69. The normalized spacial score (nSPS) is 10.4. The fraction of sp³-hybridized carbons (Fsp3) is 0.500. The highest BCUT2D eigenvalue weighted by Crippen LogP contribution is 1.96. The van der Waals surface area contributed by atoms with E-state index in [9.17, 15) is 9.59 Å². The average molecular weight is 222 g/mol. The zero-order valence-electron chi connectivity index (χ0n) is 9.77. The second-order valence-corrected chi connectivity index (χ2v) is 3.79. The van der Waals surface area contributed by atoms with E-state index in [-0.39, 0.29) is 23.9 Å². The number of aromatic nitrogens is 1. The van der Waals surface area contributed by atoms with Gasteiger partial charge >= 0.3 is 0 Å². The highest BCUT2D eigenvalue weighted by molar-refractivity contribution is 5.76. The lowest BCUT2D eigenvalue weighted by Crippen LogP contribution is -2.36. The van der Waals surface area contributed by atoms with E-state index in [1.807, 2.05) is 13.8 Å². The summed E-state index contributed by atoms with van der Waals surface area (Å²) in [6.45, 7) is 4.36. The van der Waals surface area contributed by atoms with Crippen LogP contribution in [0.3, 0.4) is 0 Å². The van der Waals surface area contributed by atoms with Crippen molar-refractivity contribution in [1.82, 2.24) is 9.88 Å². The first kappa shape index (κ1) is 12.5. The third-order valence-corrected chi connectivity index (χ3v) is 2.54. The number of carbonyl (C=O) groups is 1. The van der Waals surface area contributed by atoms with E-state index in [1.54, 1.807) is 17.0 Å². The van der Waals surface area contributed by atoms with Crippen LogP contribution < -0.4 is 10.7 Å². The zero-order valence-corrected chi connectivity index (χ0v) is 9.77. The van der Waals surface area contributed by atoms with Crippen LogP contribution in [0.15, 0.2) is 29.3 Å². The van der Waals surface area contributed by atoms with E-state index in [0.717, 1.165) is 12.8 Å². The van der Waals surface area contributed by atoms with E-state index in [2.05, 4.69) is 5.32 Å². The van der Waals surface area contributed by atoms with E-state index < -0.39 is 0 Å². The number of amides is 1. The van der Waals surface area contributed by atoms with Gasteiger partial charge in [0, 0.05) is 30.6 Å². The average Bonchev–Trinajstić information content (AvgIpc) is 2.29. The van der Waals surface area contributed by atoms with Gasteiger partial charge in [-0.2, -0.15) is 0 Å². The molecule has 0 spiro atoms. The van der Waals surface area contributed by atoms with Gasteiger partial charge in [0.15, 0.2) is 5.43 Å². The zero-order chi connectivity index (χ0) is 12.0. The first-order valence-electron chi connectivity index (χ1n) is 5.61. The maximum Gasteiger partial charge on any atom is 0.240 e. The Bertz CT molecular complexity index is 374. The van der Waals surface area contributed by atoms with Gasteiger partial charge in [-0.25, -0.2) is 0 Å². The molecule has 1 N–H and O–H groups in total. The first-order chi connectivity index (χ1) is 7.65. The molecule has 88 valence electrons. The topological polar surface area (TPSA) is 51.1 Å². The lowest BCUT2D eigenvalue weighted by molar-refractivity contribution is -0.122. The molecule has 0 saturated carbocycles. The fourth-order valence-corrected chi connectivity index (χ4v) is 1.48. The van der Waals surface area contributed by atoms with E-state index in [4.69, 9.17) is 0 Å². The number of pyridine rings is 1. The maximum atomic E-state index is 11.6. The lowest BCUT2D eigenvalue weighted by Gasteiger charge is -2.15. The Morgan fingerprint density at radius 1 is 1.31 bits per heavy atom. The predicted octanol–water partition coefficient (Wildman–Crippen LogP) is 1.15. The highest BCUT2D eigenvalue weighted by Gasteiger charge is 2.07. The van der Waals surface area contributed by atoms with Gasteiger partial charge < -0.3 is 9.88 Å². The number of nitrogens with zero attached hydrogens (tertiary/aromatic N) is 1. The van der Waals surface area contributed by atoms with Crippen LogP contribution in [0.25, 0.3) is 0 Å². The minimum Gasteiger partial charge on any atom is -0.352 e. The van der Waals surface area contributed by atoms with Crippen molar-refractivity contribution in [3.63, 3.8) is 0 Å². The Kier molecular flexibility index (Phi) is 4.76. The monoisotopic (exact) mass is 222 g/mol. The van der Waals surface area contributed by atoms with Crippen LogP contribution in [-0.4, -0.2) is 16.5 Å². The largest absolute Gasteiger partial charge is 0.352 e. The summed E-state index contributed by atoms with van der Waals surface area (Å²) >= 11 is 0. The number of rotatable bonds is 5. The summed E-state index contributed by atoms with van der Waals surface area (Å²) in [6.07, 6.45) is 5.11. The molecule has 0 bridgehead atoms. The fourth-order valence-electron chi connectivity index (χ4n) is 1.48. The summed E-state index contributed by atoms with van der Waals surface area (Å²) in [5.41, 5.74) is -0.0448. The molecule has 0 unspecified atom stereocenters. The molecule has 0 aliphatic heterocycles. The van der Waals surface area contributed by atoms with Gasteiger partial charge in [-0.05, 0) is 12.8 Å². The van der Waals surface area contributed by atoms with Crippen LogP contribution in [0.4, 0.5) is 0 Å². The second kappa shape index (κ2) is 6.10. The van der Waals surface area contributed by atoms with Gasteiger partial charge in [0.25, 0.3) is 0 Å². The highest BCUT2D eigenvalue weighted by atomic mass is 16.2. The standard InChI is InChI=1S/C12H18N2O2/c1-3-10(4-2)13-12(16)9-14-7-5-11(15)6-8-14/h5-8,10H,3-4,9H2,1-2H3,(H,13,16). The van der Waals surface area contributed by atoms with Crippen molar-refractivity contribution in [2.75, 3.05) is 0 Å². The molecule has 16 heavy (non-hydrogen) atoms. The summed E-state index contributed by atoms with van der Waals surface area (Å²) in [5.74, 6) is -0.0163. The van der Waals surface area contributed by atoms with Crippen molar-refractivity contribution < 1.29 is 4.79 Å². The maximum absolute atomic E-state index is 11.6. The summed E-state index contributed by atoms with van der Waals surface area (Å²) in [5, 5.41) is 2.94. The summed E-state index contributed by atoms with van der Waals surface area (Å²) in [4.78, 5) is 22.5. The van der Waals surface area contributed by atoms with Crippen LogP contribution in [0, 0.1) is 0 Å². The van der Waals surface area contributed by atoms with Crippen molar-refractivity contribution in [3.05, 3.63) is 34.7 Å². The minimum absolute atomic E-state index is 0.0163. The smallest absolute Gasteiger partial charge is 0.240 e. The molecular formula is C12H18N2O2. The Morgan fingerprint density at radius 2 is 1.88 bits per heavy atom. The van der Waals surface area contributed by atoms with Crippen molar-refractivity contribution in [2.24, 2.45) is 0 Å². The van der Waals surface area contributed by atoms with E-state index in [1.165, 1.54) is 12.1 Å². The lowest BCUT2D eigenvalue weighted by atomic mass is 10.2. The van der Waals surface area contributed by atoms with Crippen LogP contribution in [-0.2, 0) is 11.3 Å². The molecule has 4 heteroatoms. The number of nitrogens with one attached hydrogen (secondary N) is 1. The Balaban J connectivity index is 2.51. The third-order valence-electron chi connectivity index (χ3n) is 2.54. The molecule has 0 aliphatic carbocycles. The van der Waals surface area contributed by atoms with Crippen molar-refractivity contribution >= 4 is 5.91 Å². The Labute approximate surface area is 95.3 Å². The molecule has 4 nitrogen and oxygen atoms in total. The first-order valence-corrected chi connectivity index (χ1v) is 5.61. The van der Waals surface area contributed by atoms with Gasteiger partial charge in [0.1, 0.15) is 6.54 Å². The van der Waals surface area contributed by atoms with Crippen LogP contribution in [0.2, 0.25) is 0 Å². The van der Waals surface area contributed by atoms with Crippen LogP contribution in [0.5, 0.6) is 0 Å². The molecule has 0 radical (unpaired) electrons. The molecule has 1 heterocycles. The number of hydrogen-bond donors (Lipinski definition) is 1. The Morgan fingerprint density at radius 3 is 2.38 bits per heavy atom. The van der Waals surface area contributed by atoms with Gasteiger partial charge in [0.2, 0.25) is 5.91 Å². The van der Waals surface area contributed by atoms with Gasteiger partial charge in [0.05, 0.1) is 0 Å². The van der Waals surface area contributed by atoms with Crippen molar-refractivity contribution in [2.45, 2.75) is 39.3 Å². The van der Waals surface area contributed by atoms with Crippen molar-refractivity contribution in [3.8, 4) is 0 Å². The molecular weight excluding hydrogens is 204 g/mol. The molecule has 1 rings (SSSR count). The predicted molar refractivity (Wildman–Crippen MR) is 63.2 cm³/mol. The molecule has 0 aliphatic rings. The van der Waals surface area contributed by atoms with Gasteiger partial charge in [-0.1, -0.05) is 13.8 Å². The molecule has 1 aromatic heterocycles. The van der Waals surface area contributed by atoms with E-state index in [0.29, 0.717) is 0 Å². The molecule has 0 aromatic carbocycles. The van der Waals surface area contributed by atoms with Crippen LogP contribution in [0.1, 0.15) is 26.7 Å². The van der Waals surface area contributed by atoms with E-state index >= 15 is 0 Å². The van der Waals surface area contributed by atoms with Gasteiger partial charge in [-0.3, -0.25) is 9.59 Å². The Hall–Kier alpha value is -1.58. The number of hydrogen-bond acceptors (Lipinski definition) is 2. The quantitative estimate of drug-likeness (QED) is 0.812. The van der Waals surface area contributed by atoms with Crippen LogP contribution >= 0.6 is 0 Å². The summed E-state index contributed by atoms with van der Waals surface area (Å²) in [7, 11) is 0. The second-order valence-electron chi connectivity index (χ2n) is 3.79. The molecule has 0 atom stereocenters. The molecule has 1 aromatic rings. The summed E-state index contributed by atoms with van der Waals surface area (Å²) in [6, 6.07) is 3.14. The minimum atomic E-state index is -0.0448. The molecule has 1 amide bonds. The molecule has 0 fully saturated rings. The molecule has 0 saturated heterocycles. The van der Waals surface area contributed by atoms with Crippen molar-refractivity contribution in [1.29, 1.82) is 0 Å². The SMILES string of the molecule is CCC(CC)NC(=O)Cn1ccc(=O)cc1. The van der Waals surface area contributed by atoms with Gasteiger partial charge in [-0.15, -0.1) is 0 Å².